The second kappa shape index (κ2) is 6.63. The van der Waals surface area contributed by atoms with Crippen molar-refractivity contribution in [2.24, 2.45) is 0 Å². The minimum Gasteiger partial charge on any atom is -0.388 e. The van der Waals surface area contributed by atoms with E-state index in [0.717, 1.165) is 0 Å². The van der Waals surface area contributed by atoms with Crippen LogP contribution in [-0.4, -0.2) is 43.0 Å². The van der Waals surface area contributed by atoms with E-state index in [4.69, 9.17) is 4.74 Å². The predicted octanol–water partition coefficient (Wildman–Crippen LogP) is 0.481. The van der Waals surface area contributed by atoms with Crippen molar-refractivity contribution in [3.8, 4) is 0 Å². The Hall–Kier alpha value is -0.810. The van der Waals surface area contributed by atoms with Gasteiger partial charge in [0.05, 0.1) is 5.60 Å². The monoisotopic (exact) mass is 218 g/mol. The second-order valence-corrected chi connectivity index (χ2v) is 4.22. The normalized spacial score (nSPS) is 14.8. The minimum absolute atomic E-state index is 0.0916. The van der Waals surface area contributed by atoms with Gasteiger partial charge in [-0.3, -0.25) is 0 Å². The van der Waals surface area contributed by atoms with Crippen LogP contribution in [0.1, 0.15) is 27.2 Å². The van der Waals surface area contributed by atoms with Gasteiger partial charge < -0.3 is 20.5 Å². The van der Waals surface area contributed by atoms with Crippen LogP contribution in [0.25, 0.3) is 0 Å². The molecular formula is C10H22N2O3. The molecule has 0 aliphatic heterocycles. The number of nitrogens with one attached hydrogen (secondary N) is 2. The van der Waals surface area contributed by atoms with E-state index in [0.29, 0.717) is 13.0 Å². The van der Waals surface area contributed by atoms with E-state index in [9.17, 15) is 9.90 Å². The molecule has 0 fully saturated rings. The van der Waals surface area contributed by atoms with Crippen molar-refractivity contribution in [3.63, 3.8) is 0 Å². The van der Waals surface area contributed by atoms with Gasteiger partial charge in [-0.1, -0.05) is 0 Å². The number of aliphatic hydroxyl groups is 1. The third kappa shape index (κ3) is 8.20. The molecule has 0 spiro atoms. The van der Waals surface area contributed by atoms with Gasteiger partial charge in [-0.05, 0) is 20.8 Å². The molecule has 0 saturated heterocycles. The molecular weight excluding hydrogens is 196 g/mol. The van der Waals surface area contributed by atoms with Gasteiger partial charge in [-0.25, -0.2) is 4.79 Å². The Bertz CT molecular complexity index is 193. The lowest BCUT2D eigenvalue weighted by Crippen LogP contribution is -2.46. The fourth-order valence-electron chi connectivity index (χ4n) is 0.994. The smallest absolute Gasteiger partial charge is 0.315 e. The third-order valence-electron chi connectivity index (χ3n) is 1.89. The molecule has 0 aromatic heterocycles. The summed E-state index contributed by atoms with van der Waals surface area (Å²) in [6.07, 6.45) is 0.492. The SMILES string of the molecule is COCCC(C)(O)CNC(=O)NC(C)C. The maximum Gasteiger partial charge on any atom is 0.315 e. The van der Waals surface area contributed by atoms with E-state index in [1.54, 1.807) is 14.0 Å². The molecule has 0 aromatic rings. The topological polar surface area (TPSA) is 70.6 Å². The minimum atomic E-state index is -0.926. The van der Waals surface area contributed by atoms with E-state index < -0.39 is 5.60 Å². The lowest BCUT2D eigenvalue weighted by molar-refractivity contribution is 0.0269. The number of urea groups is 1. The van der Waals surface area contributed by atoms with E-state index in [2.05, 4.69) is 10.6 Å². The zero-order chi connectivity index (χ0) is 11.9. The van der Waals surface area contributed by atoms with E-state index in [1.807, 2.05) is 13.8 Å². The van der Waals surface area contributed by atoms with Crippen molar-refractivity contribution in [1.29, 1.82) is 0 Å². The van der Waals surface area contributed by atoms with Crippen LogP contribution >= 0.6 is 0 Å². The van der Waals surface area contributed by atoms with Crippen LogP contribution in [0.5, 0.6) is 0 Å². The molecule has 5 nitrogen and oxygen atoms in total. The van der Waals surface area contributed by atoms with Crippen LogP contribution < -0.4 is 10.6 Å². The van der Waals surface area contributed by atoms with Crippen LogP contribution in [0.4, 0.5) is 4.79 Å². The Morgan fingerprint density at radius 3 is 2.60 bits per heavy atom. The summed E-state index contributed by atoms with van der Waals surface area (Å²) >= 11 is 0. The predicted molar refractivity (Wildman–Crippen MR) is 58.8 cm³/mol. The first kappa shape index (κ1) is 14.2. The standard InChI is InChI=1S/C10H22N2O3/c1-8(2)12-9(13)11-7-10(3,14)5-6-15-4/h8,14H,5-7H2,1-4H3,(H2,11,12,13). The van der Waals surface area contributed by atoms with Gasteiger partial charge in [0.1, 0.15) is 0 Å². The molecule has 0 aliphatic rings. The summed E-state index contributed by atoms with van der Waals surface area (Å²) in [6.45, 7) is 6.11. The highest BCUT2D eigenvalue weighted by Gasteiger charge is 2.20. The number of hydrogen-bond donors (Lipinski definition) is 3. The molecule has 15 heavy (non-hydrogen) atoms. The fourth-order valence-corrected chi connectivity index (χ4v) is 0.994. The Morgan fingerprint density at radius 1 is 1.53 bits per heavy atom. The van der Waals surface area contributed by atoms with Gasteiger partial charge in [0.25, 0.3) is 0 Å². The van der Waals surface area contributed by atoms with Crippen molar-refractivity contribution >= 4 is 6.03 Å². The molecule has 0 aliphatic carbocycles. The van der Waals surface area contributed by atoms with Crippen LogP contribution in [0.15, 0.2) is 0 Å². The number of hydrogen-bond acceptors (Lipinski definition) is 3. The van der Waals surface area contributed by atoms with Crippen LogP contribution in [0, 0.1) is 0 Å². The number of ether oxygens (including phenoxy) is 1. The van der Waals surface area contributed by atoms with Crippen molar-refractivity contribution in [3.05, 3.63) is 0 Å². The molecule has 5 heteroatoms. The zero-order valence-corrected chi connectivity index (χ0v) is 9.96. The summed E-state index contributed by atoms with van der Waals surface area (Å²) in [7, 11) is 1.58. The molecule has 3 N–H and O–H groups in total. The largest absolute Gasteiger partial charge is 0.388 e. The van der Waals surface area contributed by atoms with Crippen molar-refractivity contribution in [2.45, 2.75) is 38.8 Å². The van der Waals surface area contributed by atoms with Gasteiger partial charge in [0.2, 0.25) is 0 Å². The summed E-state index contributed by atoms with van der Waals surface area (Å²) in [6, 6.07) is -0.170. The van der Waals surface area contributed by atoms with Crippen LogP contribution in [0.2, 0.25) is 0 Å². The summed E-state index contributed by atoms with van der Waals surface area (Å²) in [5.74, 6) is 0. The van der Waals surface area contributed by atoms with Gasteiger partial charge >= 0.3 is 6.03 Å². The third-order valence-corrected chi connectivity index (χ3v) is 1.89. The maximum absolute atomic E-state index is 11.2. The first-order valence-corrected chi connectivity index (χ1v) is 5.13. The van der Waals surface area contributed by atoms with Gasteiger partial charge in [-0.15, -0.1) is 0 Å². The first-order chi connectivity index (χ1) is 6.87. The number of amides is 2. The number of methoxy groups -OCH3 is 1. The van der Waals surface area contributed by atoms with Crippen molar-refractivity contribution in [1.82, 2.24) is 10.6 Å². The number of carbonyl (C=O) groups excluding carboxylic acids is 1. The zero-order valence-electron chi connectivity index (χ0n) is 9.96. The molecule has 0 bridgehead atoms. The summed E-state index contributed by atoms with van der Waals surface area (Å²) in [5.41, 5.74) is -0.926. The average Bonchev–Trinajstić information content (AvgIpc) is 2.11. The fraction of sp³-hybridized carbons (Fsp3) is 0.900. The Kier molecular flexibility index (Phi) is 6.27. The molecule has 0 aromatic carbocycles. The molecule has 2 amide bonds. The number of carbonyl (C=O) groups is 1. The summed E-state index contributed by atoms with van der Waals surface area (Å²) in [5, 5.41) is 15.1. The molecule has 0 rings (SSSR count). The Labute approximate surface area is 91.2 Å². The quantitative estimate of drug-likeness (QED) is 0.607. The maximum atomic E-state index is 11.2. The highest BCUT2D eigenvalue weighted by molar-refractivity contribution is 5.74. The molecule has 0 radical (unpaired) electrons. The number of rotatable bonds is 6. The highest BCUT2D eigenvalue weighted by Crippen LogP contribution is 2.07. The lowest BCUT2D eigenvalue weighted by atomic mass is 10.0. The first-order valence-electron chi connectivity index (χ1n) is 5.13. The van der Waals surface area contributed by atoms with E-state index in [1.165, 1.54) is 0 Å². The van der Waals surface area contributed by atoms with E-state index >= 15 is 0 Å². The summed E-state index contributed by atoms with van der Waals surface area (Å²) < 4.78 is 4.86. The van der Waals surface area contributed by atoms with Crippen molar-refractivity contribution < 1.29 is 14.6 Å². The van der Waals surface area contributed by atoms with Crippen LogP contribution in [-0.2, 0) is 4.74 Å². The van der Waals surface area contributed by atoms with Crippen molar-refractivity contribution in [2.75, 3.05) is 20.3 Å². The van der Waals surface area contributed by atoms with E-state index in [-0.39, 0.29) is 18.6 Å². The highest BCUT2D eigenvalue weighted by atomic mass is 16.5. The van der Waals surface area contributed by atoms with Gasteiger partial charge in [0.15, 0.2) is 0 Å². The van der Waals surface area contributed by atoms with Crippen LogP contribution in [0.3, 0.4) is 0 Å². The van der Waals surface area contributed by atoms with Gasteiger partial charge in [0, 0.05) is 32.7 Å². The average molecular weight is 218 g/mol. The molecule has 0 saturated carbocycles. The molecule has 90 valence electrons. The van der Waals surface area contributed by atoms with Gasteiger partial charge in [-0.2, -0.15) is 0 Å². The lowest BCUT2D eigenvalue weighted by Gasteiger charge is -2.23. The molecule has 1 unspecified atom stereocenters. The molecule has 0 heterocycles. The summed E-state index contributed by atoms with van der Waals surface area (Å²) in [4.78, 5) is 11.2. The Morgan fingerprint density at radius 2 is 2.13 bits per heavy atom. The second-order valence-electron chi connectivity index (χ2n) is 4.22. The molecule has 1 atom stereocenters. The Balaban J connectivity index is 3.77.